The Bertz CT molecular complexity index is 740. The molecule has 0 bridgehead atoms. The van der Waals surface area contributed by atoms with Gasteiger partial charge in [-0.1, -0.05) is 17.7 Å². The van der Waals surface area contributed by atoms with Gasteiger partial charge in [-0.3, -0.25) is 9.69 Å². The van der Waals surface area contributed by atoms with Crippen LogP contribution in [0.4, 0.5) is 0 Å². The van der Waals surface area contributed by atoms with Crippen molar-refractivity contribution in [2.45, 2.75) is 29.7 Å². The molecule has 1 N–H and O–H groups in total. The van der Waals surface area contributed by atoms with E-state index in [2.05, 4.69) is 10.2 Å². The number of halogens is 1. The van der Waals surface area contributed by atoms with Gasteiger partial charge in [0.15, 0.2) is 0 Å². The highest BCUT2D eigenvalue weighted by molar-refractivity contribution is 7.89. The molecule has 132 valence electrons. The van der Waals surface area contributed by atoms with Gasteiger partial charge < -0.3 is 5.32 Å². The van der Waals surface area contributed by atoms with Gasteiger partial charge in [-0.25, -0.2) is 8.42 Å². The average Bonchev–Trinajstić information content (AvgIpc) is 2.73. The van der Waals surface area contributed by atoms with Crippen LogP contribution in [-0.4, -0.2) is 62.3 Å². The molecule has 0 unspecified atom stereocenters. The van der Waals surface area contributed by atoms with Gasteiger partial charge in [0.05, 0.1) is 4.90 Å². The smallest absolute Gasteiger partial charge is 0.243 e. The van der Waals surface area contributed by atoms with E-state index in [1.807, 2.05) is 7.05 Å². The molecule has 24 heavy (non-hydrogen) atoms. The Morgan fingerprint density at radius 1 is 1.25 bits per heavy atom. The Morgan fingerprint density at radius 3 is 2.79 bits per heavy atom. The number of sulfonamides is 1. The van der Waals surface area contributed by atoms with E-state index < -0.39 is 10.0 Å². The van der Waals surface area contributed by atoms with Crippen LogP contribution >= 0.6 is 11.6 Å². The van der Waals surface area contributed by atoms with Crippen molar-refractivity contribution in [1.82, 2.24) is 14.5 Å². The van der Waals surface area contributed by atoms with Gasteiger partial charge in [-0.05, 0) is 38.1 Å². The van der Waals surface area contributed by atoms with E-state index in [0.29, 0.717) is 44.0 Å². The molecule has 8 heteroatoms. The number of nitrogens with zero attached hydrogens (tertiary/aromatic N) is 2. The molecule has 1 atom stereocenters. The predicted molar refractivity (Wildman–Crippen MR) is 92.4 cm³/mol. The number of likely N-dealkylation sites (N-methyl/N-ethyl adjacent to an activating group) is 1. The first kappa shape index (κ1) is 17.7. The van der Waals surface area contributed by atoms with Crippen molar-refractivity contribution >= 4 is 27.5 Å². The molecule has 2 aliphatic heterocycles. The Labute approximate surface area is 147 Å². The topological polar surface area (TPSA) is 69.7 Å². The minimum atomic E-state index is -3.59. The van der Waals surface area contributed by atoms with Crippen molar-refractivity contribution in [2.24, 2.45) is 0 Å². The Hall–Kier alpha value is -1.15. The van der Waals surface area contributed by atoms with E-state index in [1.165, 1.54) is 10.4 Å². The van der Waals surface area contributed by atoms with Crippen molar-refractivity contribution in [3.8, 4) is 0 Å². The number of hydrogen-bond acceptors (Lipinski definition) is 4. The minimum absolute atomic E-state index is 0.0371. The van der Waals surface area contributed by atoms with Crippen LogP contribution in [0.25, 0.3) is 0 Å². The van der Waals surface area contributed by atoms with Crippen LogP contribution in [0.2, 0.25) is 5.02 Å². The van der Waals surface area contributed by atoms with Gasteiger partial charge in [0.2, 0.25) is 15.9 Å². The van der Waals surface area contributed by atoms with Crippen LogP contribution in [0.5, 0.6) is 0 Å². The van der Waals surface area contributed by atoms with Crippen LogP contribution in [0.3, 0.4) is 0 Å². The Kier molecular flexibility index (Phi) is 4.88. The van der Waals surface area contributed by atoms with Gasteiger partial charge in [-0.15, -0.1) is 0 Å². The first-order valence-electron chi connectivity index (χ1n) is 8.07. The van der Waals surface area contributed by atoms with Crippen LogP contribution in [-0.2, 0) is 14.8 Å². The maximum absolute atomic E-state index is 13.0. The van der Waals surface area contributed by atoms with Gasteiger partial charge in [-0.2, -0.15) is 4.31 Å². The van der Waals surface area contributed by atoms with Crippen molar-refractivity contribution in [2.75, 3.05) is 33.2 Å². The molecule has 6 nitrogen and oxygen atoms in total. The summed E-state index contributed by atoms with van der Waals surface area (Å²) in [6.45, 7) is 2.06. The quantitative estimate of drug-likeness (QED) is 0.851. The minimum Gasteiger partial charge on any atom is -0.356 e. The largest absolute Gasteiger partial charge is 0.356 e. The SMILES string of the molecule is CN1CCN(S(=O)(=O)c2cccc(Cl)c2)C[C@]12CCNC(=O)CC2. The van der Waals surface area contributed by atoms with Crippen LogP contribution in [0.1, 0.15) is 19.3 Å². The third-order valence-electron chi connectivity index (χ3n) is 5.13. The van der Waals surface area contributed by atoms with E-state index in [1.54, 1.807) is 18.2 Å². The maximum atomic E-state index is 13.0. The normalized spacial score (nSPS) is 27.0. The molecule has 2 heterocycles. The molecule has 0 aliphatic carbocycles. The van der Waals surface area contributed by atoms with E-state index >= 15 is 0 Å². The summed E-state index contributed by atoms with van der Waals surface area (Å²) in [6, 6.07) is 6.37. The zero-order valence-electron chi connectivity index (χ0n) is 13.7. The van der Waals surface area contributed by atoms with Gasteiger partial charge in [0.25, 0.3) is 0 Å². The van der Waals surface area contributed by atoms with Gasteiger partial charge in [0.1, 0.15) is 0 Å². The average molecular weight is 372 g/mol. The third kappa shape index (κ3) is 3.31. The van der Waals surface area contributed by atoms with E-state index in [9.17, 15) is 13.2 Å². The summed E-state index contributed by atoms with van der Waals surface area (Å²) < 4.78 is 27.5. The fraction of sp³-hybridized carbons (Fsp3) is 0.562. The molecule has 2 saturated heterocycles. The summed E-state index contributed by atoms with van der Waals surface area (Å²) in [6.07, 6.45) is 1.84. The lowest BCUT2D eigenvalue weighted by Gasteiger charge is -2.48. The molecule has 2 aliphatic rings. The molecular formula is C16H22ClN3O3S. The molecule has 0 saturated carbocycles. The molecule has 0 aromatic heterocycles. The van der Waals surface area contributed by atoms with Crippen molar-refractivity contribution in [3.63, 3.8) is 0 Å². The second kappa shape index (κ2) is 6.63. The molecule has 2 fully saturated rings. The number of nitrogens with one attached hydrogen (secondary N) is 1. The monoisotopic (exact) mass is 371 g/mol. The second-order valence-corrected chi connectivity index (χ2v) is 8.92. The summed E-state index contributed by atoms with van der Waals surface area (Å²) in [5.41, 5.74) is -0.303. The lowest BCUT2D eigenvalue weighted by Crippen LogP contribution is -2.62. The van der Waals surface area contributed by atoms with E-state index in [-0.39, 0.29) is 16.3 Å². The molecule has 0 radical (unpaired) electrons. The summed E-state index contributed by atoms with van der Waals surface area (Å²) >= 11 is 5.96. The summed E-state index contributed by atoms with van der Waals surface area (Å²) in [4.78, 5) is 14.1. The Balaban J connectivity index is 1.88. The highest BCUT2D eigenvalue weighted by Crippen LogP contribution is 2.33. The van der Waals surface area contributed by atoms with Crippen molar-refractivity contribution in [3.05, 3.63) is 29.3 Å². The number of benzene rings is 1. The van der Waals surface area contributed by atoms with Crippen LogP contribution in [0, 0.1) is 0 Å². The zero-order chi connectivity index (χ0) is 17.4. The maximum Gasteiger partial charge on any atom is 0.243 e. The van der Waals surface area contributed by atoms with Crippen molar-refractivity contribution in [1.29, 1.82) is 0 Å². The van der Waals surface area contributed by atoms with Crippen LogP contribution < -0.4 is 5.32 Å². The summed E-state index contributed by atoms with van der Waals surface area (Å²) in [7, 11) is -1.58. The first-order chi connectivity index (χ1) is 11.3. The Morgan fingerprint density at radius 2 is 2.04 bits per heavy atom. The van der Waals surface area contributed by atoms with E-state index in [4.69, 9.17) is 11.6 Å². The zero-order valence-corrected chi connectivity index (χ0v) is 15.2. The van der Waals surface area contributed by atoms with Crippen molar-refractivity contribution < 1.29 is 13.2 Å². The van der Waals surface area contributed by atoms with Crippen LogP contribution in [0.15, 0.2) is 29.2 Å². The fourth-order valence-electron chi connectivity index (χ4n) is 3.54. The highest BCUT2D eigenvalue weighted by Gasteiger charge is 2.44. The number of carbonyl (C=O) groups excluding carboxylic acids is 1. The predicted octanol–water partition coefficient (Wildman–Crippen LogP) is 1.31. The second-order valence-electron chi connectivity index (χ2n) is 6.54. The van der Waals surface area contributed by atoms with Gasteiger partial charge >= 0.3 is 0 Å². The number of rotatable bonds is 2. The molecule has 1 spiro atoms. The molecule has 3 rings (SSSR count). The highest BCUT2D eigenvalue weighted by atomic mass is 35.5. The number of carbonyl (C=O) groups is 1. The molecule has 1 amide bonds. The molecule has 1 aromatic rings. The fourth-order valence-corrected chi connectivity index (χ4v) is 5.35. The number of amides is 1. The number of piperazine rings is 1. The van der Waals surface area contributed by atoms with Gasteiger partial charge in [0, 0.05) is 43.2 Å². The number of hydrogen-bond donors (Lipinski definition) is 1. The third-order valence-corrected chi connectivity index (χ3v) is 7.21. The lowest BCUT2D eigenvalue weighted by molar-refractivity contribution is -0.121. The standard InChI is InChI=1S/C16H22ClN3O3S/c1-19-9-10-20(12-16(19)6-5-15(21)18-8-7-16)24(22,23)14-4-2-3-13(17)11-14/h2-4,11H,5-10,12H2,1H3,(H,18,21)/t16-/m0/s1. The summed E-state index contributed by atoms with van der Waals surface area (Å²) in [5, 5.41) is 3.28. The van der Waals surface area contributed by atoms with E-state index in [0.717, 1.165) is 6.42 Å². The summed E-state index contributed by atoms with van der Waals surface area (Å²) in [5.74, 6) is 0.0371. The first-order valence-corrected chi connectivity index (χ1v) is 9.89. The molecule has 1 aromatic carbocycles. The molecular weight excluding hydrogens is 350 g/mol. The lowest BCUT2D eigenvalue weighted by atomic mass is 9.87.